The Hall–Kier alpha value is -2.01. The summed E-state index contributed by atoms with van der Waals surface area (Å²) in [6.45, 7) is 6.75. The van der Waals surface area contributed by atoms with Gasteiger partial charge in [0.15, 0.2) is 0 Å². The van der Waals surface area contributed by atoms with Crippen LogP contribution < -0.4 is 0 Å². The molecule has 4 rings (SSSR count). The van der Waals surface area contributed by atoms with Crippen molar-refractivity contribution in [3.05, 3.63) is 29.8 Å². The van der Waals surface area contributed by atoms with Gasteiger partial charge in [0.2, 0.25) is 15.9 Å². The van der Waals surface area contributed by atoms with Gasteiger partial charge in [-0.15, -0.1) is 0 Å². The molecule has 1 aromatic rings. The Kier molecular flexibility index (Phi) is 7.14. The highest BCUT2D eigenvalue weighted by Gasteiger charge is 2.33. The van der Waals surface area contributed by atoms with Crippen LogP contribution in [0.2, 0.25) is 0 Å². The normalized spacial score (nSPS) is 23.5. The number of amides is 2. The Morgan fingerprint density at radius 2 is 1.56 bits per heavy atom. The standard InChI is InChI=1S/C22H32N4O5S/c1-18-4-6-19(7-5-18)32(29,30)26-14-8-23(9-15-26)17-21(27)24-10-12-25(13-11-24)22(28)20-3-2-16-31-20/h4-7,20H,2-3,8-17H2,1H3. The second kappa shape index (κ2) is 9.86. The Morgan fingerprint density at radius 3 is 2.16 bits per heavy atom. The van der Waals surface area contributed by atoms with Gasteiger partial charge in [0.05, 0.1) is 11.4 Å². The summed E-state index contributed by atoms with van der Waals surface area (Å²) in [5.74, 6) is 0.0737. The van der Waals surface area contributed by atoms with Gasteiger partial charge in [-0.25, -0.2) is 8.42 Å². The van der Waals surface area contributed by atoms with Crippen molar-refractivity contribution in [1.82, 2.24) is 19.0 Å². The van der Waals surface area contributed by atoms with Crippen molar-refractivity contribution in [3.8, 4) is 0 Å². The van der Waals surface area contributed by atoms with Crippen LogP contribution in [-0.4, -0.2) is 111 Å². The number of nitrogens with zero attached hydrogens (tertiary/aromatic N) is 4. The minimum absolute atomic E-state index is 0.0315. The number of hydrogen-bond acceptors (Lipinski definition) is 6. The van der Waals surface area contributed by atoms with Crippen molar-refractivity contribution in [2.45, 2.75) is 30.8 Å². The zero-order valence-corrected chi connectivity index (χ0v) is 19.4. The number of benzene rings is 1. The van der Waals surface area contributed by atoms with Crippen LogP contribution in [-0.2, 0) is 24.3 Å². The number of sulfonamides is 1. The van der Waals surface area contributed by atoms with Crippen LogP contribution in [0.1, 0.15) is 18.4 Å². The minimum atomic E-state index is -3.51. The molecular weight excluding hydrogens is 432 g/mol. The Balaban J connectivity index is 1.23. The van der Waals surface area contributed by atoms with Gasteiger partial charge in [0.1, 0.15) is 6.10 Å². The summed E-state index contributed by atoms with van der Waals surface area (Å²) >= 11 is 0. The van der Waals surface area contributed by atoms with Crippen LogP contribution in [0.3, 0.4) is 0 Å². The molecule has 0 N–H and O–H groups in total. The average molecular weight is 465 g/mol. The number of carbonyl (C=O) groups excluding carboxylic acids is 2. The summed E-state index contributed by atoms with van der Waals surface area (Å²) in [5, 5.41) is 0. The van der Waals surface area contributed by atoms with E-state index in [2.05, 4.69) is 0 Å². The van der Waals surface area contributed by atoms with E-state index in [1.165, 1.54) is 4.31 Å². The highest BCUT2D eigenvalue weighted by molar-refractivity contribution is 7.89. The molecule has 3 fully saturated rings. The molecule has 9 nitrogen and oxygen atoms in total. The van der Waals surface area contributed by atoms with Gasteiger partial charge < -0.3 is 14.5 Å². The molecule has 3 heterocycles. The zero-order chi connectivity index (χ0) is 22.7. The molecule has 1 atom stereocenters. The Bertz CT molecular complexity index is 914. The predicted octanol–water partition coefficient (Wildman–Crippen LogP) is 0.151. The molecular formula is C22H32N4O5S. The Labute approximate surface area is 189 Å². The fourth-order valence-electron chi connectivity index (χ4n) is 4.43. The van der Waals surface area contributed by atoms with E-state index in [0.29, 0.717) is 63.9 Å². The van der Waals surface area contributed by atoms with Crippen molar-refractivity contribution in [1.29, 1.82) is 0 Å². The third-order valence-corrected chi connectivity index (χ3v) is 8.41. The van der Waals surface area contributed by atoms with E-state index in [0.717, 1.165) is 18.4 Å². The molecule has 1 unspecified atom stereocenters. The van der Waals surface area contributed by atoms with E-state index >= 15 is 0 Å². The first-order valence-electron chi connectivity index (χ1n) is 11.3. The summed E-state index contributed by atoms with van der Waals surface area (Å²) in [5.41, 5.74) is 1.02. The fourth-order valence-corrected chi connectivity index (χ4v) is 5.85. The van der Waals surface area contributed by atoms with Crippen LogP contribution in [0.25, 0.3) is 0 Å². The molecule has 0 spiro atoms. The van der Waals surface area contributed by atoms with Gasteiger partial charge in [-0.1, -0.05) is 17.7 Å². The molecule has 3 aliphatic rings. The highest BCUT2D eigenvalue weighted by Crippen LogP contribution is 2.19. The average Bonchev–Trinajstić information content (AvgIpc) is 3.34. The zero-order valence-electron chi connectivity index (χ0n) is 18.6. The minimum Gasteiger partial charge on any atom is -0.368 e. The van der Waals surface area contributed by atoms with E-state index in [1.807, 2.05) is 11.8 Å². The molecule has 1 aromatic carbocycles. The molecule has 32 heavy (non-hydrogen) atoms. The molecule has 0 radical (unpaired) electrons. The SMILES string of the molecule is Cc1ccc(S(=O)(=O)N2CCN(CC(=O)N3CCN(C(=O)C4CCCO4)CC3)CC2)cc1. The van der Waals surface area contributed by atoms with Crippen molar-refractivity contribution in [2.24, 2.45) is 0 Å². The topological polar surface area (TPSA) is 90.5 Å². The maximum Gasteiger partial charge on any atom is 0.251 e. The number of hydrogen-bond donors (Lipinski definition) is 0. The third-order valence-electron chi connectivity index (χ3n) is 6.50. The molecule has 0 bridgehead atoms. The van der Waals surface area contributed by atoms with Crippen LogP contribution in [0, 0.1) is 6.92 Å². The van der Waals surface area contributed by atoms with Gasteiger partial charge in [-0.2, -0.15) is 4.31 Å². The lowest BCUT2D eigenvalue weighted by atomic mass is 10.2. The molecule has 3 aliphatic heterocycles. The summed E-state index contributed by atoms with van der Waals surface area (Å²) < 4.78 is 32.7. The van der Waals surface area contributed by atoms with E-state index in [-0.39, 0.29) is 24.5 Å². The number of rotatable bonds is 5. The van der Waals surface area contributed by atoms with Gasteiger partial charge in [-0.05, 0) is 31.9 Å². The smallest absolute Gasteiger partial charge is 0.251 e. The van der Waals surface area contributed by atoms with Crippen molar-refractivity contribution in [2.75, 3.05) is 65.5 Å². The van der Waals surface area contributed by atoms with E-state index < -0.39 is 10.0 Å². The first kappa shape index (κ1) is 23.2. The van der Waals surface area contributed by atoms with Gasteiger partial charge in [0, 0.05) is 59.0 Å². The first-order valence-corrected chi connectivity index (χ1v) is 12.8. The molecule has 10 heteroatoms. The van der Waals surface area contributed by atoms with E-state index in [9.17, 15) is 18.0 Å². The highest BCUT2D eigenvalue weighted by atomic mass is 32.2. The van der Waals surface area contributed by atoms with Gasteiger partial charge in [-0.3, -0.25) is 14.5 Å². The van der Waals surface area contributed by atoms with Crippen molar-refractivity contribution < 1.29 is 22.7 Å². The Morgan fingerprint density at radius 1 is 0.938 bits per heavy atom. The second-order valence-electron chi connectivity index (χ2n) is 8.70. The van der Waals surface area contributed by atoms with Crippen LogP contribution >= 0.6 is 0 Å². The molecule has 0 aromatic heterocycles. The summed E-state index contributed by atoms with van der Waals surface area (Å²) in [7, 11) is -3.51. The fraction of sp³-hybridized carbons (Fsp3) is 0.636. The largest absolute Gasteiger partial charge is 0.368 e. The maximum absolute atomic E-state index is 12.8. The molecule has 0 saturated carbocycles. The van der Waals surface area contributed by atoms with E-state index in [4.69, 9.17) is 4.74 Å². The molecule has 2 amide bonds. The maximum atomic E-state index is 12.8. The lowest BCUT2D eigenvalue weighted by Gasteiger charge is -2.38. The van der Waals surface area contributed by atoms with Crippen LogP contribution in [0.15, 0.2) is 29.2 Å². The number of aryl methyl sites for hydroxylation is 1. The molecule has 176 valence electrons. The summed E-state index contributed by atoms with van der Waals surface area (Å²) in [6, 6.07) is 6.89. The lowest BCUT2D eigenvalue weighted by molar-refractivity contribution is -0.146. The second-order valence-corrected chi connectivity index (χ2v) is 10.6. The van der Waals surface area contributed by atoms with Crippen molar-refractivity contribution in [3.63, 3.8) is 0 Å². The van der Waals surface area contributed by atoms with Gasteiger partial charge in [0.25, 0.3) is 5.91 Å². The van der Waals surface area contributed by atoms with Gasteiger partial charge >= 0.3 is 0 Å². The van der Waals surface area contributed by atoms with Crippen molar-refractivity contribution >= 4 is 21.8 Å². The number of ether oxygens (including phenoxy) is 1. The molecule has 3 saturated heterocycles. The van der Waals surface area contributed by atoms with Crippen LogP contribution in [0.4, 0.5) is 0 Å². The predicted molar refractivity (Wildman–Crippen MR) is 119 cm³/mol. The summed E-state index contributed by atoms with van der Waals surface area (Å²) in [6.07, 6.45) is 1.39. The monoisotopic (exact) mass is 464 g/mol. The lowest BCUT2D eigenvalue weighted by Crippen LogP contribution is -2.56. The summed E-state index contributed by atoms with van der Waals surface area (Å²) in [4.78, 5) is 31.1. The third kappa shape index (κ3) is 5.14. The first-order chi connectivity index (χ1) is 15.3. The van der Waals surface area contributed by atoms with Crippen LogP contribution in [0.5, 0.6) is 0 Å². The number of piperazine rings is 2. The van der Waals surface area contributed by atoms with E-state index in [1.54, 1.807) is 34.1 Å². The molecule has 0 aliphatic carbocycles. The quantitative estimate of drug-likeness (QED) is 0.616. The number of carbonyl (C=O) groups is 2.